The van der Waals surface area contributed by atoms with Crippen molar-refractivity contribution in [3.63, 3.8) is 0 Å². The van der Waals surface area contributed by atoms with E-state index in [9.17, 15) is 18.0 Å². The lowest BCUT2D eigenvalue weighted by Crippen LogP contribution is -2.19. The van der Waals surface area contributed by atoms with Crippen LogP contribution in [0.1, 0.15) is 23.6 Å². The number of carbonyl (C=O) groups is 1. The van der Waals surface area contributed by atoms with Gasteiger partial charge in [0.05, 0.1) is 16.2 Å². The first-order valence-electron chi connectivity index (χ1n) is 7.91. The number of nitrogens with zero attached hydrogens (tertiary/aromatic N) is 1. The summed E-state index contributed by atoms with van der Waals surface area (Å²) in [5, 5.41) is 3.03. The Morgan fingerprint density at radius 3 is 2.54 bits per heavy atom. The quantitative estimate of drug-likeness (QED) is 0.752. The van der Waals surface area contributed by atoms with Crippen molar-refractivity contribution in [1.82, 2.24) is 5.32 Å². The Bertz CT molecular complexity index is 886. The molecule has 3 nitrogen and oxygen atoms in total. The van der Waals surface area contributed by atoms with Crippen LogP contribution in [0.15, 0.2) is 58.4 Å². The first kappa shape index (κ1) is 18.3. The number of amidine groups is 1. The number of hydrogen-bond donors (Lipinski definition) is 1. The van der Waals surface area contributed by atoms with Crippen LogP contribution in [0.2, 0.25) is 0 Å². The number of benzene rings is 2. The molecule has 0 saturated carbocycles. The molecule has 7 heteroatoms. The van der Waals surface area contributed by atoms with Gasteiger partial charge in [0, 0.05) is 0 Å². The Hall–Kier alpha value is -2.54. The molecule has 0 spiro atoms. The van der Waals surface area contributed by atoms with Crippen LogP contribution >= 0.6 is 11.8 Å². The van der Waals surface area contributed by atoms with Gasteiger partial charge in [0.15, 0.2) is 5.17 Å². The minimum Gasteiger partial charge on any atom is -0.300 e. The second-order valence-corrected chi connectivity index (χ2v) is 6.66. The normalized spacial score (nSPS) is 17.8. The van der Waals surface area contributed by atoms with E-state index in [4.69, 9.17) is 0 Å². The Morgan fingerprint density at radius 2 is 1.88 bits per heavy atom. The summed E-state index contributed by atoms with van der Waals surface area (Å²) in [5.74, 6) is -0.378. The third-order valence-electron chi connectivity index (χ3n) is 3.74. The molecular weight excluding hydrogens is 361 g/mol. The molecule has 0 aliphatic carbocycles. The van der Waals surface area contributed by atoms with Crippen molar-refractivity contribution in [3.05, 3.63) is 70.1 Å². The molecule has 0 atom stereocenters. The van der Waals surface area contributed by atoms with Crippen LogP contribution in [-0.2, 0) is 17.4 Å². The van der Waals surface area contributed by atoms with Crippen molar-refractivity contribution in [2.45, 2.75) is 19.5 Å². The number of carbonyl (C=O) groups excluding carboxylic acids is 1. The van der Waals surface area contributed by atoms with Crippen molar-refractivity contribution < 1.29 is 18.0 Å². The van der Waals surface area contributed by atoms with Crippen molar-refractivity contribution in [3.8, 4) is 0 Å². The van der Waals surface area contributed by atoms with Gasteiger partial charge in [-0.2, -0.15) is 13.2 Å². The van der Waals surface area contributed by atoms with E-state index in [0.29, 0.717) is 21.3 Å². The minimum absolute atomic E-state index is 0.299. The Morgan fingerprint density at radius 1 is 1.15 bits per heavy atom. The van der Waals surface area contributed by atoms with E-state index in [1.165, 1.54) is 23.8 Å². The number of aliphatic imine (C=N–C) groups is 1. The third-order valence-corrected chi connectivity index (χ3v) is 4.65. The molecule has 0 bridgehead atoms. The van der Waals surface area contributed by atoms with Gasteiger partial charge in [0.2, 0.25) is 0 Å². The van der Waals surface area contributed by atoms with E-state index >= 15 is 0 Å². The Kier molecular flexibility index (Phi) is 5.18. The Balaban J connectivity index is 1.81. The second kappa shape index (κ2) is 7.37. The number of thioether (sulfide) groups is 1. The summed E-state index contributed by atoms with van der Waals surface area (Å²) in [6, 6.07) is 12.5. The lowest BCUT2D eigenvalue weighted by Gasteiger charge is -2.06. The number of amides is 1. The highest BCUT2D eigenvalue weighted by molar-refractivity contribution is 8.18. The fraction of sp³-hybridized carbons (Fsp3) is 0.158. The summed E-state index contributed by atoms with van der Waals surface area (Å²) in [7, 11) is 0. The minimum atomic E-state index is -4.42. The van der Waals surface area contributed by atoms with Gasteiger partial charge in [0.1, 0.15) is 0 Å². The first-order valence-corrected chi connectivity index (χ1v) is 8.72. The van der Waals surface area contributed by atoms with Gasteiger partial charge < -0.3 is 5.32 Å². The van der Waals surface area contributed by atoms with Crippen molar-refractivity contribution in [1.29, 1.82) is 0 Å². The highest BCUT2D eigenvalue weighted by Gasteiger charge is 2.30. The van der Waals surface area contributed by atoms with Gasteiger partial charge in [-0.05, 0) is 59.7 Å². The fourth-order valence-corrected chi connectivity index (χ4v) is 3.20. The molecule has 1 N–H and O–H groups in total. The molecule has 0 aromatic heterocycles. The van der Waals surface area contributed by atoms with Crippen molar-refractivity contribution in [2.75, 3.05) is 0 Å². The van der Waals surface area contributed by atoms with Gasteiger partial charge in [-0.3, -0.25) is 4.79 Å². The van der Waals surface area contributed by atoms with E-state index in [0.717, 1.165) is 30.3 Å². The summed E-state index contributed by atoms with van der Waals surface area (Å²) >= 11 is 1.10. The fourth-order valence-electron chi connectivity index (χ4n) is 2.36. The molecule has 1 heterocycles. The molecule has 1 amide bonds. The van der Waals surface area contributed by atoms with Crippen LogP contribution in [0, 0.1) is 0 Å². The van der Waals surface area contributed by atoms with E-state index in [2.05, 4.69) is 17.2 Å². The predicted molar refractivity (Wildman–Crippen MR) is 98.1 cm³/mol. The number of nitrogens with one attached hydrogen (secondary N) is 1. The lowest BCUT2D eigenvalue weighted by molar-refractivity contribution is -0.137. The summed E-state index contributed by atoms with van der Waals surface area (Å²) < 4.78 is 38.4. The Labute approximate surface area is 153 Å². The number of alkyl halides is 3. The average Bonchev–Trinajstić information content (AvgIpc) is 2.94. The molecular formula is C19H15F3N2OS. The zero-order valence-corrected chi connectivity index (χ0v) is 14.6. The summed E-state index contributed by atoms with van der Waals surface area (Å²) in [6.07, 6.45) is -2.07. The van der Waals surface area contributed by atoms with Gasteiger partial charge in [-0.25, -0.2) is 4.99 Å². The molecule has 0 radical (unpaired) electrons. The standard InChI is InChI=1S/C19H15F3N2OS/c1-2-12-6-8-15(9-7-12)23-18-24-17(25)16(26-18)11-13-4-3-5-14(10-13)19(20,21)22/h3-11H,2H2,1H3,(H,23,24,25)/b16-11-. The molecule has 1 fully saturated rings. The highest BCUT2D eigenvalue weighted by atomic mass is 32.2. The zero-order valence-electron chi connectivity index (χ0n) is 13.8. The topological polar surface area (TPSA) is 41.5 Å². The maximum absolute atomic E-state index is 12.8. The van der Waals surface area contributed by atoms with E-state index in [1.807, 2.05) is 24.3 Å². The summed E-state index contributed by atoms with van der Waals surface area (Å²) in [6.45, 7) is 2.05. The van der Waals surface area contributed by atoms with Crippen LogP contribution in [0.3, 0.4) is 0 Å². The van der Waals surface area contributed by atoms with Crippen LogP contribution in [-0.4, -0.2) is 11.1 Å². The number of hydrogen-bond acceptors (Lipinski definition) is 3. The van der Waals surface area contributed by atoms with Crippen molar-refractivity contribution in [2.24, 2.45) is 4.99 Å². The number of halogens is 3. The SMILES string of the molecule is CCc1ccc(N=C2NC(=O)/C(=C/c3cccc(C(F)(F)F)c3)S2)cc1. The molecule has 2 aromatic rings. The highest BCUT2D eigenvalue weighted by Crippen LogP contribution is 2.32. The molecule has 1 saturated heterocycles. The van der Waals surface area contributed by atoms with E-state index in [-0.39, 0.29) is 5.91 Å². The van der Waals surface area contributed by atoms with Crippen molar-refractivity contribution >= 4 is 34.6 Å². The van der Waals surface area contributed by atoms with Crippen LogP contribution in [0.5, 0.6) is 0 Å². The first-order chi connectivity index (χ1) is 12.3. The van der Waals surface area contributed by atoms with Gasteiger partial charge in [0.25, 0.3) is 5.91 Å². The molecule has 26 heavy (non-hydrogen) atoms. The molecule has 2 aromatic carbocycles. The maximum atomic E-state index is 12.8. The summed E-state index contributed by atoms with van der Waals surface area (Å²) in [5.41, 5.74) is 1.44. The number of aryl methyl sites for hydroxylation is 1. The molecule has 1 aliphatic heterocycles. The van der Waals surface area contributed by atoms with Crippen LogP contribution in [0.25, 0.3) is 6.08 Å². The largest absolute Gasteiger partial charge is 0.416 e. The van der Waals surface area contributed by atoms with E-state index < -0.39 is 11.7 Å². The summed E-state index contributed by atoms with van der Waals surface area (Å²) in [4.78, 5) is 16.7. The average molecular weight is 376 g/mol. The third kappa shape index (κ3) is 4.35. The van der Waals surface area contributed by atoms with Crippen LogP contribution < -0.4 is 5.32 Å². The molecule has 0 unspecified atom stereocenters. The van der Waals surface area contributed by atoms with Crippen LogP contribution in [0.4, 0.5) is 18.9 Å². The molecule has 134 valence electrons. The predicted octanol–water partition coefficient (Wildman–Crippen LogP) is 5.16. The number of rotatable bonds is 3. The van der Waals surface area contributed by atoms with Gasteiger partial charge in [-0.15, -0.1) is 0 Å². The maximum Gasteiger partial charge on any atom is 0.416 e. The monoisotopic (exact) mass is 376 g/mol. The molecule has 1 aliphatic rings. The second-order valence-electron chi connectivity index (χ2n) is 5.62. The van der Waals surface area contributed by atoms with E-state index in [1.54, 1.807) is 0 Å². The molecule has 3 rings (SSSR count). The van der Waals surface area contributed by atoms with Gasteiger partial charge >= 0.3 is 6.18 Å². The van der Waals surface area contributed by atoms with Gasteiger partial charge in [-0.1, -0.05) is 31.2 Å². The smallest absolute Gasteiger partial charge is 0.300 e. The lowest BCUT2D eigenvalue weighted by atomic mass is 10.1. The zero-order chi connectivity index (χ0) is 18.7.